The number of rotatable bonds is 2. The Morgan fingerprint density at radius 3 is 2.48 bits per heavy atom. The molecule has 1 amide bonds. The Bertz CT molecular complexity index is 804. The van der Waals surface area contributed by atoms with Crippen LogP contribution in [-0.2, 0) is 4.74 Å². The number of hydrogen-bond donors (Lipinski definition) is 1. The molecule has 3 rings (SSSR count). The number of benzene rings is 1. The van der Waals surface area contributed by atoms with Gasteiger partial charge in [0.05, 0.1) is 4.70 Å². The molecule has 1 saturated heterocycles. The highest BCUT2D eigenvalue weighted by molar-refractivity contribution is 7.13. The molecule has 0 spiro atoms. The molecule has 0 aliphatic carbocycles. The molecule has 0 atom stereocenters. The number of carbonyl (C=O) groups is 2. The number of ether oxygens (including phenoxy) is 1. The van der Waals surface area contributed by atoms with Crippen molar-refractivity contribution in [2.75, 3.05) is 31.1 Å². The van der Waals surface area contributed by atoms with Crippen molar-refractivity contribution in [3.05, 3.63) is 23.9 Å². The average Bonchev–Trinajstić information content (AvgIpc) is 2.96. The molecule has 7 nitrogen and oxygen atoms in total. The second kappa shape index (κ2) is 6.51. The fourth-order valence-corrected chi connectivity index (χ4v) is 3.55. The second-order valence-corrected chi connectivity index (χ2v) is 7.78. The summed E-state index contributed by atoms with van der Waals surface area (Å²) >= 11 is 1.19. The Labute approximate surface area is 150 Å². The van der Waals surface area contributed by atoms with E-state index >= 15 is 0 Å². The maximum Gasteiger partial charge on any atom is 0.410 e. The van der Waals surface area contributed by atoms with Gasteiger partial charge in [-0.1, -0.05) is 0 Å². The zero-order valence-corrected chi connectivity index (χ0v) is 15.3. The van der Waals surface area contributed by atoms with E-state index in [0.717, 1.165) is 10.4 Å². The highest BCUT2D eigenvalue weighted by atomic mass is 32.1. The van der Waals surface area contributed by atoms with Crippen LogP contribution in [-0.4, -0.2) is 58.2 Å². The van der Waals surface area contributed by atoms with Gasteiger partial charge in [0.1, 0.15) is 5.60 Å². The number of hydrogen-bond acceptors (Lipinski definition) is 6. The fourth-order valence-electron chi connectivity index (χ4n) is 2.75. The van der Waals surface area contributed by atoms with Crippen molar-refractivity contribution >= 4 is 39.4 Å². The van der Waals surface area contributed by atoms with Crippen molar-refractivity contribution in [3.8, 4) is 0 Å². The van der Waals surface area contributed by atoms with Crippen molar-refractivity contribution in [2.45, 2.75) is 26.4 Å². The fraction of sp³-hybridized carbons (Fsp3) is 0.471. The van der Waals surface area contributed by atoms with Crippen molar-refractivity contribution in [1.29, 1.82) is 0 Å². The van der Waals surface area contributed by atoms with Crippen LogP contribution < -0.4 is 4.90 Å². The van der Waals surface area contributed by atoms with Gasteiger partial charge in [-0.15, -0.1) is 0 Å². The third-order valence-corrected chi connectivity index (χ3v) is 4.76. The first-order valence-corrected chi connectivity index (χ1v) is 8.87. The first-order valence-electron chi connectivity index (χ1n) is 8.10. The standard InChI is InChI=1S/C17H21N3O4S/c1-17(2,3)24-16(23)20-8-6-19(7-9-20)11-4-5-12-13(10-11)25-18-14(12)15(21)22/h4-5,10H,6-9H2,1-3H3,(H,21,22). The summed E-state index contributed by atoms with van der Waals surface area (Å²) in [5.41, 5.74) is 0.617. The van der Waals surface area contributed by atoms with Gasteiger partial charge in [0, 0.05) is 37.3 Å². The number of carboxylic acid groups (broad SMARTS) is 1. The highest BCUT2D eigenvalue weighted by Gasteiger charge is 2.26. The van der Waals surface area contributed by atoms with Crippen LogP contribution in [0.3, 0.4) is 0 Å². The van der Waals surface area contributed by atoms with Crippen LogP contribution in [0.25, 0.3) is 10.1 Å². The molecule has 1 aliphatic heterocycles. The monoisotopic (exact) mass is 363 g/mol. The maximum absolute atomic E-state index is 12.1. The van der Waals surface area contributed by atoms with Crippen molar-refractivity contribution in [3.63, 3.8) is 0 Å². The van der Waals surface area contributed by atoms with Crippen LogP contribution >= 0.6 is 11.5 Å². The average molecular weight is 363 g/mol. The summed E-state index contributed by atoms with van der Waals surface area (Å²) in [6, 6.07) is 5.67. The SMILES string of the molecule is CC(C)(C)OC(=O)N1CCN(c2ccc3c(C(=O)O)nsc3c2)CC1. The summed E-state index contributed by atoms with van der Waals surface area (Å²) in [4.78, 5) is 27.2. The molecule has 1 fully saturated rings. The molecule has 134 valence electrons. The van der Waals surface area contributed by atoms with Gasteiger partial charge in [-0.05, 0) is 50.5 Å². The molecular weight excluding hydrogens is 342 g/mol. The highest BCUT2D eigenvalue weighted by Crippen LogP contribution is 2.28. The number of amides is 1. The van der Waals surface area contributed by atoms with Crippen LogP contribution in [0, 0.1) is 0 Å². The van der Waals surface area contributed by atoms with Crippen LogP contribution in [0.2, 0.25) is 0 Å². The second-order valence-electron chi connectivity index (χ2n) is 6.97. The molecule has 1 N–H and O–H groups in total. The predicted molar refractivity (Wildman–Crippen MR) is 96.6 cm³/mol. The molecule has 0 radical (unpaired) electrons. The molecule has 8 heteroatoms. The predicted octanol–water partition coefficient (Wildman–Crippen LogP) is 3.05. The quantitative estimate of drug-likeness (QED) is 0.883. The number of piperazine rings is 1. The number of carboxylic acids is 1. The number of aromatic carboxylic acids is 1. The van der Waals surface area contributed by atoms with Gasteiger partial charge in [0.25, 0.3) is 0 Å². The molecule has 25 heavy (non-hydrogen) atoms. The van der Waals surface area contributed by atoms with Crippen molar-refractivity contribution in [2.24, 2.45) is 0 Å². The lowest BCUT2D eigenvalue weighted by Gasteiger charge is -2.36. The number of aromatic nitrogens is 1. The van der Waals surface area contributed by atoms with E-state index in [4.69, 9.17) is 9.84 Å². The number of fused-ring (bicyclic) bond motifs is 1. The van der Waals surface area contributed by atoms with Gasteiger partial charge in [-0.3, -0.25) is 0 Å². The minimum Gasteiger partial charge on any atom is -0.476 e. The Hall–Kier alpha value is -2.35. The Balaban J connectivity index is 1.68. The van der Waals surface area contributed by atoms with E-state index in [1.165, 1.54) is 11.5 Å². The zero-order valence-electron chi connectivity index (χ0n) is 14.5. The van der Waals surface area contributed by atoms with E-state index in [1.807, 2.05) is 32.9 Å². The van der Waals surface area contributed by atoms with E-state index in [2.05, 4.69) is 9.27 Å². The van der Waals surface area contributed by atoms with E-state index < -0.39 is 11.6 Å². The maximum atomic E-state index is 12.1. The van der Waals surface area contributed by atoms with E-state index in [9.17, 15) is 9.59 Å². The lowest BCUT2D eigenvalue weighted by molar-refractivity contribution is 0.0240. The van der Waals surface area contributed by atoms with Gasteiger partial charge < -0.3 is 19.6 Å². The summed E-state index contributed by atoms with van der Waals surface area (Å²) in [5, 5.41) is 9.80. The summed E-state index contributed by atoms with van der Waals surface area (Å²) in [6.07, 6.45) is -0.281. The number of anilines is 1. The van der Waals surface area contributed by atoms with Gasteiger partial charge in [-0.25, -0.2) is 9.59 Å². The normalized spacial score (nSPS) is 15.5. The molecular formula is C17H21N3O4S. The molecule has 1 aromatic heterocycles. The zero-order chi connectivity index (χ0) is 18.2. The van der Waals surface area contributed by atoms with E-state index in [-0.39, 0.29) is 11.8 Å². The van der Waals surface area contributed by atoms with E-state index in [0.29, 0.717) is 31.6 Å². The lowest BCUT2D eigenvalue weighted by Crippen LogP contribution is -2.50. The summed E-state index contributed by atoms with van der Waals surface area (Å²) in [6.45, 7) is 8.17. The molecule has 0 saturated carbocycles. The van der Waals surface area contributed by atoms with Crippen LogP contribution in [0.5, 0.6) is 0 Å². The topological polar surface area (TPSA) is 83.0 Å². The summed E-state index contributed by atoms with van der Waals surface area (Å²) < 4.78 is 10.3. The Morgan fingerprint density at radius 2 is 1.88 bits per heavy atom. The minimum atomic E-state index is -1.01. The van der Waals surface area contributed by atoms with Crippen LogP contribution in [0.15, 0.2) is 18.2 Å². The number of carbonyl (C=O) groups excluding carboxylic acids is 1. The first-order chi connectivity index (χ1) is 11.7. The largest absolute Gasteiger partial charge is 0.476 e. The molecule has 1 aromatic carbocycles. The minimum absolute atomic E-state index is 0.0984. The molecule has 0 unspecified atom stereocenters. The molecule has 2 heterocycles. The number of nitrogens with zero attached hydrogens (tertiary/aromatic N) is 3. The van der Waals surface area contributed by atoms with Gasteiger partial charge in [0.2, 0.25) is 0 Å². The van der Waals surface area contributed by atoms with E-state index in [1.54, 1.807) is 11.0 Å². The van der Waals surface area contributed by atoms with Crippen LogP contribution in [0.1, 0.15) is 31.3 Å². The first kappa shape index (κ1) is 17.5. The van der Waals surface area contributed by atoms with Crippen LogP contribution in [0.4, 0.5) is 10.5 Å². The third kappa shape index (κ3) is 3.84. The van der Waals surface area contributed by atoms with Gasteiger partial charge in [0.15, 0.2) is 5.69 Å². The Kier molecular flexibility index (Phi) is 4.55. The van der Waals surface area contributed by atoms with Crippen molar-refractivity contribution < 1.29 is 19.4 Å². The smallest absolute Gasteiger partial charge is 0.410 e. The summed E-state index contributed by atoms with van der Waals surface area (Å²) in [7, 11) is 0. The molecule has 2 aromatic rings. The molecule has 1 aliphatic rings. The van der Waals surface area contributed by atoms with Gasteiger partial charge in [-0.2, -0.15) is 4.37 Å². The van der Waals surface area contributed by atoms with Crippen molar-refractivity contribution in [1.82, 2.24) is 9.27 Å². The Morgan fingerprint density at radius 1 is 1.20 bits per heavy atom. The lowest BCUT2D eigenvalue weighted by atomic mass is 10.2. The van der Waals surface area contributed by atoms with Gasteiger partial charge >= 0.3 is 12.1 Å². The third-order valence-electron chi connectivity index (χ3n) is 3.95. The summed E-state index contributed by atoms with van der Waals surface area (Å²) in [5.74, 6) is -1.01. The molecule has 0 bridgehead atoms.